The monoisotopic (exact) mass is 1780 g/mol. The smallest absolute Gasteiger partial charge is 0.693 e. The Kier molecular flexibility index (Phi) is 42.9. The zero-order valence-corrected chi connectivity index (χ0v) is 73.6. The molecule has 112 heavy (non-hydrogen) atoms. The third kappa shape index (κ3) is 35.1. The first kappa shape index (κ1) is 98.2. The standard InChI is InChI=1S/3C27H27NP2.2C6H9.3Cu.F6P/c3*1-2-23-28(29(24-15-7-3-8-16-24)25-17-9-4-10-18-25)30(26-19-11-5-12-20-26)27-21-13-6-14-22-27;2*1-5-6(2,3)4;;;;1-7(2,3,4,5)6/h3*3-22H,2,23H2,1H3;2*2-4H3;;;;/q;;;2*-1;3*+1;-1. The third-order valence-corrected chi connectivity index (χ3v) is 32.1. The van der Waals surface area contributed by atoms with Gasteiger partial charge in [0.25, 0.3) is 0 Å². The van der Waals surface area contributed by atoms with Crippen LogP contribution in [0.25, 0.3) is 0 Å². The Bertz CT molecular complexity index is 3630. The van der Waals surface area contributed by atoms with E-state index in [2.05, 4.69) is 410 Å². The zero-order chi connectivity index (χ0) is 78.6. The molecule has 12 rings (SSSR count). The summed E-state index contributed by atoms with van der Waals surface area (Å²) in [4.78, 5) is 0. The van der Waals surface area contributed by atoms with Crippen molar-refractivity contribution >= 4 is 120 Å². The first-order chi connectivity index (χ1) is 52.2. The van der Waals surface area contributed by atoms with Crippen LogP contribution < -0.4 is 63.7 Å². The van der Waals surface area contributed by atoms with E-state index in [4.69, 9.17) is 12.8 Å². The minimum Gasteiger partial charge on any atom is -0.693 e. The van der Waals surface area contributed by atoms with Gasteiger partial charge in [0.2, 0.25) is 0 Å². The summed E-state index contributed by atoms with van der Waals surface area (Å²) in [7, 11) is -14.5. The van der Waals surface area contributed by atoms with Crippen molar-refractivity contribution in [3.8, 4) is 11.8 Å². The predicted octanol–water partition coefficient (Wildman–Crippen LogP) is 24.0. The van der Waals surface area contributed by atoms with Crippen LogP contribution in [0.15, 0.2) is 364 Å². The Hall–Kier alpha value is -6.21. The minimum absolute atomic E-state index is 0. The topological polar surface area (TPSA) is 9.72 Å². The van der Waals surface area contributed by atoms with Gasteiger partial charge in [-0.05, 0) is 93.7 Å². The summed E-state index contributed by atoms with van der Waals surface area (Å²) >= 11 is 0. The number of hydrogen-bond acceptors (Lipinski definition) is 3. The van der Waals surface area contributed by atoms with E-state index < -0.39 is 56.2 Å². The van der Waals surface area contributed by atoms with E-state index in [0.29, 0.717) is 0 Å². The van der Waals surface area contributed by atoms with Crippen molar-refractivity contribution in [3.05, 3.63) is 377 Å². The number of nitrogens with zero attached hydrogens (tertiary/aromatic N) is 3. The Morgan fingerprint density at radius 2 is 0.312 bits per heavy atom. The Balaban J connectivity index is 0.000000313. The molecule has 0 aliphatic carbocycles. The van der Waals surface area contributed by atoms with E-state index in [9.17, 15) is 25.2 Å². The summed E-state index contributed by atoms with van der Waals surface area (Å²) in [6.45, 7) is 21.7. The van der Waals surface area contributed by atoms with Crippen LogP contribution in [-0.4, -0.2) is 33.0 Å². The molecule has 0 saturated heterocycles. The second kappa shape index (κ2) is 49.0. The summed E-state index contributed by atoms with van der Waals surface area (Å²) in [5.41, 5.74) is -0.0833. The molecule has 0 aromatic heterocycles. The fourth-order valence-corrected chi connectivity index (χ4v) is 29.5. The van der Waals surface area contributed by atoms with Gasteiger partial charge in [-0.25, -0.2) is 13.3 Å². The average Bonchev–Trinajstić information content (AvgIpc) is 0.738. The van der Waals surface area contributed by atoms with Crippen LogP contribution in [-0.2, 0) is 51.2 Å². The average molecular weight is 1780 g/mol. The summed E-state index contributed by atoms with van der Waals surface area (Å²) in [5, 5.41) is 16.9. The molecule has 0 spiro atoms. The van der Waals surface area contributed by atoms with Crippen LogP contribution >= 0.6 is 56.2 Å². The normalized spacial score (nSPS) is 11.7. The van der Waals surface area contributed by atoms with Gasteiger partial charge in [-0.1, -0.05) is 426 Å². The molecule has 0 saturated carbocycles. The first-order valence-corrected chi connectivity index (χ1v) is 46.2. The molecule has 596 valence electrons. The summed E-state index contributed by atoms with van der Waals surface area (Å²) < 4.78 is 67.6. The van der Waals surface area contributed by atoms with E-state index in [1.54, 1.807) is 0 Å². The zero-order valence-electron chi connectivity index (χ0n) is 64.5. The van der Waals surface area contributed by atoms with Gasteiger partial charge in [0.05, 0.1) is 0 Å². The second-order valence-corrected chi connectivity index (χ2v) is 42.6. The summed E-state index contributed by atoms with van der Waals surface area (Å²) in [5.74, 6) is 4.71. The van der Waals surface area contributed by atoms with Gasteiger partial charge in [0.1, 0.15) is 0 Å². The fraction of sp³-hybridized carbons (Fsp3) is 0.183. The van der Waals surface area contributed by atoms with Crippen molar-refractivity contribution in [3.63, 3.8) is 0 Å². The van der Waals surface area contributed by atoms with Crippen molar-refractivity contribution in [1.29, 1.82) is 0 Å². The molecule has 0 aliphatic heterocycles. The molecule has 0 N–H and O–H groups in total. The van der Waals surface area contributed by atoms with Crippen LogP contribution in [0.4, 0.5) is 25.2 Å². The van der Waals surface area contributed by atoms with Crippen LogP contribution in [0.5, 0.6) is 0 Å². The van der Waals surface area contributed by atoms with Gasteiger partial charge in [-0.15, -0.1) is 0 Å². The van der Waals surface area contributed by atoms with Gasteiger partial charge in [0.15, 0.2) is 0 Å². The molecule has 19 heteroatoms. The summed E-state index contributed by atoms with van der Waals surface area (Å²) in [6, 6.07) is 133. The molecular weight excluding hydrogens is 1680 g/mol. The quantitative estimate of drug-likeness (QED) is 0.0196. The molecule has 0 heterocycles. The molecule has 12 aromatic rings. The maximum atomic E-state index is 9.87. The first-order valence-electron chi connectivity index (χ1n) is 36.4. The number of benzene rings is 12. The molecule has 12 aromatic carbocycles. The molecule has 3 nitrogen and oxygen atoms in total. The number of halogens is 6. The van der Waals surface area contributed by atoms with Crippen LogP contribution in [0.3, 0.4) is 0 Å². The Labute approximate surface area is 704 Å². The van der Waals surface area contributed by atoms with Crippen molar-refractivity contribution in [2.45, 2.75) is 81.6 Å². The van der Waals surface area contributed by atoms with E-state index in [1.165, 1.54) is 63.7 Å². The third-order valence-electron chi connectivity index (χ3n) is 15.4. The molecule has 0 fully saturated rings. The van der Waals surface area contributed by atoms with Gasteiger partial charge < -0.3 is 24.7 Å². The van der Waals surface area contributed by atoms with Gasteiger partial charge >= 0.3 is 84.2 Å². The molecule has 0 radical (unpaired) electrons. The van der Waals surface area contributed by atoms with E-state index in [1.807, 2.05) is 41.5 Å². The fourth-order valence-electron chi connectivity index (χ4n) is 10.8. The van der Waals surface area contributed by atoms with Gasteiger partial charge in [-0.2, -0.15) is 0 Å². The Morgan fingerprint density at radius 1 is 0.232 bits per heavy atom. The number of hydrogen-bond donors (Lipinski definition) is 0. The molecule has 0 amide bonds. The van der Waals surface area contributed by atoms with Crippen LogP contribution in [0.2, 0.25) is 0 Å². The van der Waals surface area contributed by atoms with Crippen molar-refractivity contribution in [2.75, 3.05) is 19.6 Å². The SMILES string of the molecule is CCCN(P(c1ccccc1)c1ccccc1)P(c1ccccc1)c1ccccc1.CCCN(P(c1ccccc1)c1ccccc1)P(c1ccccc1)c1ccccc1.CCCN(P(c1ccccc1)c1ccccc1)P(c1ccccc1)c1ccccc1.F[P-](F)(F)(F)(F)F.[C-]#CC(C)(C)C.[C-]#CC(C)(C)C.[Cu+].[Cu+].[Cu+]. The molecule has 0 atom stereocenters. The van der Waals surface area contributed by atoms with E-state index in [0.717, 1.165) is 38.9 Å². The molecular formula is C93H99Cu3F6N3P7. The van der Waals surface area contributed by atoms with E-state index >= 15 is 0 Å². The molecule has 0 aliphatic rings. The van der Waals surface area contributed by atoms with Gasteiger partial charge in [-0.3, -0.25) is 0 Å². The van der Waals surface area contributed by atoms with Crippen molar-refractivity contribution in [2.24, 2.45) is 10.8 Å². The van der Waals surface area contributed by atoms with Crippen molar-refractivity contribution < 1.29 is 76.4 Å². The minimum atomic E-state index is -10.7. The van der Waals surface area contributed by atoms with Crippen LogP contribution in [0, 0.1) is 35.5 Å². The van der Waals surface area contributed by atoms with Crippen LogP contribution in [0.1, 0.15) is 81.6 Å². The predicted molar refractivity (Wildman–Crippen MR) is 472 cm³/mol. The summed E-state index contributed by atoms with van der Waals surface area (Å²) in [6.07, 6.45) is 16.6. The second-order valence-electron chi connectivity index (χ2n) is 26.9. The maximum Gasteiger partial charge on any atom is 1.00 e. The van der Waals surface area contributed by atoms with Gasteiger partial charge in [0, 0.05) is 68.1 Å². The largest absolute Gasteiger partial charge is 1.00 e. The van der Waals surface area contributed by atoms with Crippen molar-refractivity contribution in [1.82, 2.24) is 13.3 Å². The van der Waals surface area contributed by atoms with E-state index in [-0.39, 0.29) is 62.0 Å². The number of rotatable bonds is 24. The Morgan fingerprint density at radius 3 is 0.375 bits per heavy atom. The molecule has 0 bridgehead atoms. The maximum absolute atomic E-state index is 10.7. The molecule has 0 unspecified atom stereocenters.